The topological polar surface area (TPSA) is 53.9 Å². The molecule has 0 heterocycles. The van der Waals surface area contributed by atoms with Crippen molar-refractivity contribution in [3.8, 4) is 0 Å². The molecular formula is C15H22ClN3O2. The molecular weight excluding hydrogens is 290 g/mol. The number of benzene rings is 1. The molecule has 0 atom stereocenters. The summed E-state index contributed by atoms with van der Waals surface area (Å²) in [5, 5.41) is 7.11. The first-order valence-electron chi connectivity index (χ1n) is 7.06. The average molecular weight is 312 g/mol. The van der Waals surface area contributed by atoms with Gasteiger partial charge in [-0.25, -0.2) is 0 Å². The number of hydrogen-bond donors (Lipinski definition) is 1. The van der Waals surface area contributed by atoms with Gasteiger partial charge in [-0.1, -0.05) is 48.8 Å². The van der Waals surface area contributed by atoms with Crippen LogP contribution in [0.2, 0.25) is 5.02 Å². The predicted molar refractivity (Wildman–Crippen MR) is 85.8 cm³/mol. The van der Waals surface area contributed by atoms with Crippen molar-refractivity contribution in [1.29, 1.82) is 0 Å². The summed E-state index contributed by atoms with van der Waals surface area (Å²) in [4.78, 5) is 18.7. The van der Waals surface area contributed by atoms with Gasteiger partial charge in [0.1, 0.15) is 0 Å². The SMILES string of the molecule is CCN(CC)CCNC(=O)CO/N=C/c1ccccc1Cl. The van der Waals surface area contributed by atoms with Crippen LogP contribution in [0.4, 0.5) is 0 Å². The van der Waals surface area contributed by atoms with Gasteiger partial charge in [-0.15, -0.1) is 0 Å². The number of nitrogens with one attached hydrogen (secondary N) is 1. The Balaban J connectivity index is 2.20. The molecule has 116 valence electrons. The Morgan fingerprint density at radius 3 is 2.76 bits per heavy atom. The molecule has 1 N–H and O–H groups in total. The normalized spacial score (nSPS) is 11.0. The van der Waals surface area contributed by atoms with Crippen LogP contribution in [0.3, 0.4) is 0 Å². The molecule has 1 amide bonds. The smallest absolute Gasteiger partial charge is 0.260 e. The maximum Gasteiger partial charge on any atom is 0.260 e. The molecule has 0 saturated carbocycles. The highest BCUT2D eigenvalue weighted by molar-refractivity contribution is 6.33. The minimum absolute atomic E-state index is 0.0980. The van der Waals surface area contributed by atoms with Crippen molar-refractivity contribution < 1.29 is 9.63 Å². The van der Waals surface area contributed by atoms with Gasteiger partial charge in [0.15, 0.2) is 6.61 Å². The molecule has 0 aliphatic carbocycles. The van der Waals surface area contributed by atoms with E-state index in [2.05, 4.69) is 29.2 Å². The van der Waals surface area contributed by atoms with Gasteiger partial charge in [-0.05, 0) is 19.2 Å². The minimum Gasteiger partial charge on any atom is -0.386 e. The first-order valence-corrected chi connectivity index (χ1v) is 7.44. The summed E-state index contributed by atoms with van der Waals surface area (Å²) >= 11 is 5.96. The molecule has 0 saturated heterocycles. The summed E-state index contributed by atoms with van der Waals surface area (Å²) in [6.45, 7) is 7.49. The highest BCUT2D eigenvalue weighted by Gasteiger charge is 2.03. The van der Waals surface area contributed by atoms with Crippen molar-refractivity contribution in [2.75, 3.05) is 32.8 Å². The van der Waals surface area contributed by atoms with Crippen molar-refractivity contribution in [2.45, 2.75) is 13.8 Å². The zero-order valence-electron chi connectivity index (χ0n) is 12.5. The van der Waals surface area contributed by atoms with Crippen molar-refractivity contribution in [3.05, 3.63) is 34.9 Å². The molecule has 0 aromatic heterocycles. The summed E-state index contributed by atoms with van der Waals surface area (Å²) in [7, 11) is 0. The lowest BCUT2D eigenvalue weighted by Gasteiger charge is -2.17. The number of hydrogen-bond acceptors (Lipinski definition) is 4. The molecule has 0 unspecified atom stereocenters. The van der Waals surface area contributed by atoms with E-state index >= 15 is 0 Å². The van der Waals surface area contributed by atoms with Gasteiger partial charge in [-0.3, -0.25) is 4.79 Å². The summed E-state index contributed by atoms with van der Waals surface area (Å²) in [6, 6.07) is 7.28. The van der Waals surface area contributed by atoms with Crippen molar-refractivity contribution >= 4 is 23.7 Å². The second-order valence-corrected chi connectivity index (χ2v) is 4.81. The molecule has 0 spiro atoms. The van der Waals surface area contributed by atoms with Crippen LogP contribution >= 0.6 is 11.6 Å². The summed E-state index contributed by atoms with van der Waals surface area (Å²) in [6.07, 6.45) is 1.49. The standard InChI is InChI=1S/C15H22ClN3O2/c1-3-19(4-2)10-9-17-15(20)12-21-18-11-13-7-5-6-8-14(13)16/h5-8,11H,3-4,9-10,12H2,1-2H3,(H,17,20)/b18-11+. The van der Waals surface area contributed by atoms with E-state index in [4.69, 9.17) is 16.4 Å². The molecule has 0 aliphatic heterocycles. The number of halogens is 1. The minimum atomic E-state index is -0.182. The fourth-order valence-corrected chi connectivity index (χ4v) is 1.90. The van der Waals surface area contributed by atoms with Crippen LogP contribution in [0.15, 0.2) is 29.4 Å². The Morgan fingerprint density at radius 2 is 2.10 bits per heavy atom. The maximum atomic E-state index is 11.5. The highest BCUT2D eigenvalue weighted by Crippen LogP contribution is 2.12. The molecule has 0 aliphatic rings. The third-order valence-corrected chi connectivity index (χ3v) is 3.36. The van der Waals surface area contributed by atoms with E-state index in [0.717, 1.165) is 25.2 Å². The Kier molecular flexibility index (Phi) is 8.47. The molecule has 0 radical (unpaired) electrons. The van der Waals surface area contributed by atoms with Gasteiger partial charge in [0, 0.05) is 23.7 Å². The molecule has 1 rings (SSSR count). The molecule has 1 aromatic carbocycles. The molecule has 6 heteroatoms. The van der Waals surface area contributed by atoms with Crippen LogP contribution in [0.1, 0.15) is 19.4 Å². The number of carbonyl (C=O) groups is 1. The van der Waals surface area contributed by atoms with Gasteiger partial charge in [0.05, 0.1) is 6.21 Å². The van der Waals surface area contributed by atoms with Crippen LogP contribution in [0.5, 0.6) is 0 Å². The maximum absolute atomic E-state index is 11.5. The van der Waals surface area contributed by atoms with Crippen molar-refractivity contribution in [3.63, 3.8) is 0 Å². The molecule has 0 bridgehead atoms. The van der Waals surface area contributed by atoms with Crippen molar-refractivity contribution in [2.24, 2.45) is 5.16 Å². The summed E-state index contributed by atoms with van der Waals surface area (Å²) in [5.41, 5.74) is 0.751. The van der Waals surface area contributed by atoms with E-state index in [1.54, 1.807) is 6.07 Å². The van der Waals surface area contributed by atoms with Crippen molar-refractivity contribution in [1.82, 2.24) is 10.2 Å². The number of rotatable bonds is 9. The lowest BCUT2D eigenvalue weighted by atomic mass is 10.2. The van der Waals surface area contributed by atoms with Gasteiger partial charge < -0.3 is 15.1 Å². The first-order chi connectivity index (χ1) is 10.2. The number of carbonyl (C=O) groups excluding carboxylic acids is 1. The molecule has 0 fully saturated rings. The largest absolute Gasteiger partial charge is 0.386 e. The fraction of sp³-hybridized carbons (Fsp3) is 0.467. The summed E-state index contributed by atoms with van der Waals surface area (Å²) < 4.78 is 0. The second-order valence-electron chi connectivity index (χ2n) is 4.41. The van der Waals surface area contributed by atoms with E-state index in [9.17, 15) is 4.79 Å². The number of amides is 1. The third kappa shape index (κ3) is 7.11. The molecule has 21 heavy (non-hydrogen) atoms. The monoisotopic (exact) mass is 311 g/mol. The van der Waals surface area contributed by atoms with Crippen LogP contribution < -0.4 is 5.32 Å². The van der Waals surface area contributed by atoms with Crippen LogP contribution in [-0.2, 0) is 9.63 Å². The zero-order chi connectivity index (χ0) is 15.5. The van der Waals surface area contributed by atoms with E-state index < -0.39 is 0 Å². The lowest BCUT2D eigenvalue weighted by molar-refractivity contribution is -0.125. The van der Waals surface area contributed by atoms with E-state index in [0.29, 0.717) is 11.6 Å². The van der Waals surface area contributed by atoms with Crippen LogP contribution in [0.25, 0.3) is 0 Å². The number of oxime groups is 1. The quantitative estimate of drug-likeness (QED) is 0.561. The fourth-order valence-electron chi connectivity index (χ4n) is 1.71. The van der Waals surface area contributed by atoms with Crippen LogP contribution in [0, 0.1) is 0 Å². The number of likely N-dealkylation sites (N-methyl/N-ethyl adjacent to an activating group) is 1. The average Bonchev–Trinajstić information content (AvgIpc) is 2.50. The van der Waals surface area contributed by atoms with E-state index in [1.807, 2.05) is 18.2 Å². The Hall–Kier alpha value is -1.59. The lowest BCUT2D eigenvalue weighted by Crippen LogP contribution is -2.36. The van der Waals surface area contributed by atoms with Gasteiger partial charge in [0.2, 0.25) is 0 Å². The molecule has 5 nitrogen and oxygen atoms in total. The van der Waals surface area contributed by atoms with E-state index in [1.165, 1.54) is 6.21 Å². The molecule has 1 aromatic rings. The first kappa shape index (κ1) is 17.5. The Bertz CT molecular complexity index is 462. The van der Waals surface area contributed by atoms with Gasteiger partial charge in [0.25, 0.3) is 5.91 Å². The highest BCUT2D eigenvalue weighted by atomic mass is 35.5. The van der Waals surface area contributed by atoms with Gasteiger partial charge in [-0.2, -0.15) is 0 Å². The predicted octanol–water partition coefficient (Wildman–Crippen LogP) is 2.15. The Morgan fingerprint density at radius 1 is 1.38 bits per heavy atom. The van der Waals surface area contributed by atoms with E-state index in [-0.39, 0.29) is 12.5 Å². The van der Waals surface area contributed by atoms with Crippen LogP contribution in [-0.4, -0.2) is 49.8 Å². The third-order valence-electron chi connectivity index (χ3n) is 3.01. The number of nitrogens with zero attached hydrogens (tertiary/aromatic N) is 2. The zero-order valence-corrected chi connectivity index (χ0v) is 13.3. The summed E-state index contributed by atoms with van der Waals surface area (Å²) in [5.74, 6) is -0.182. The van der Waals surface area contributed by atoms with Gasteiger partial charge >= 0.3 is 0 Å². The second kappa shape index (κ2) is 10.2. The Labute approximate surface area is 130 Å².